The number of hydrogen-bond donors (Lipinski definition) is 1. The van der Waals surface area contributed by atoms with Crippen LogP contribution in [0.5, 0.6) is 0 Å². The fourth-order valence-corrected chi connectivity index (χ4v) is 1.82. The first kappa shape index (κ1) is 19.2. The van der Waals surface area contributed by atoms with E-state index < -0.39 is 5.60 Å². The van der Waals surface area contributed by atoms with Crippen molar-refractivity contribution in [2.24, 2.45) is 5.73 Å². The van der Waals surface area contributed by atoms with E-state index in [4.69, 9.17) is 10.5 Å². The molecule has 0 aromatic rings. The van der Waals surface area contributed by atoms with E-state index in [2.05, 4.69) is 11.9 Å². The summed E-state index contributed by atoms with van der Waals surface area (Å²) in [5.41, 5.74) is 5.04. The maximum atomic E-state index is 11.8. The molecule has 0 aliphatic rings. The summed E-state index contributed by atoms with van der Waals surface area (Å²) in [6.45, 7) is 9.24. The van der Waals surface area contributed by atoms with Gasteiger partial charge in [-0.2, -0.15) is 0 Å². The minimum absolute atomic E-state index is 0.247. The summed E-state index contributed by atoms with van der Waals surface area (Å²) in [5.74, 6) is 0. The second kappa shape index (κ2) is 10.00. The highest BCUT2D eigenvalue weighted by Gasteiger charge is 2.19. The molecular weight excluding hydrogens is 254 g/mol. The molecule has 0 spiro atoms. The average molecular weight is 287 g/mol. The number of rotatable bonds is 9. The Bertz CT molecular complexity index is 264. The van der Waals surface area contributed by atoms with Crippen LogP contribution in [0.2, 0.25) is 0 Å². The Morgan fingerprint density at radius 2 is 1.60 bits per heavy atom. The average Bonchev–Trinajstić information content (AvgIpc) is 2.32. The van der Waals surface area contributed by atoms with E-state index >= 15 is 0 Å². The van der Waals surface area contributed by atoms with E-state index in [0.717, 1.165) is 39.0 Å². The number of carbonyl (C=O) groups is 1. The zero-order chi connectivity index (χ0) is 15.6. The Kier molecular flexibility index (Phi) is 9.59. The molecule has 0 aliphatic carbocycles. The van der Waals surface area contributed by atoms with Crippen molar-refractivity contribution >= 4 is 6.09 Å². The van der Waals surface area contributed by atoms with Crippen LogP contribution in [0.15, 0.2) is 0 Å². The number of ether oxygens (including phenoxy) is 1. The number of amides is 1. The van der Waals surface area contributed by atoms with Crippen molar-refractivity contribution in [1.29, 1.82) is 0 Å². The molecule has 0 bridgehead atoms. The molecule has 2 N–H and O–H groups in total. The van der Waals surface area contributed by atoms with Crippen LogP contribution < -0.4 is 5.73 Å². The number of nitrogens with two attached hydrogens (primary N) is 1. The predicted molar refractivity (Wildman–Crippen MR) is 83.9 cm³/mol. The molecule has 0 unspecified atom stereocenters. The third-order valence-corrected chi connectivity index (χ3v) is 2.98. The van der Waals surface area contributed by atoms with Crippen LogP contribution in [-0.4, -0.2) is 61.8 Å². The van der Waals surface area contributed by atoms with Gasteiger partial charge in [-0.3, -0.25) is 0 Å². The molecule has 0 aliphatic heterocycles. The van der Waals surface area contributed by atoms with Crippen molar-refractivity contribution in [3.8, 4) is 0 Å². The van der Waals surface area contributed by atoms with E-state index in [1.807, 2.05) is 20.8 Å². The Labute approximate surface area is 124 Å². The fraction of sp³-hybridized carbons (Fsp3) is 0.933. The van der Waals surface area contributed by atoms with Gasteiger partial charge in [0.25, 0.3) is 0 Å². The molecule has 0 rings (SSSR count). The second-order valence-electron chi connectivity index (χ2n) is 6.41. The lowest BCUT2D eigenvalue weighted by Gasteiger charge is -2.25. The molecule has 0 atom stereocenters. The van der Waals surface area contributed by atoms with E-state index in [9.17, 15) is 4.79 Å². The van der Waals surface area contributed by atoms with E-state index in [0.29, 0.717) is 0 Å². The van der Waals surface area contributed by atoms with Gasteiger partial charge in [0.2, 0.25) is 0 Å². The second-order valence-corrected chi connectivity index (χ2v) is 6.41. The standard InChI is InChI=1S/C15H33N3O2/c1-15(2,3)20-14(19)18(5)13-9-12-17(4)11-8-6-7-10-16/h6-13,16H2,1-5H3. The van der Waals surface area contributed by atoms with Crippen LogP contribution in [0.1, 0.15) is 46.5 Å². The van der Waals surface area contributed by atoms with Gasteiger partial charge in [-0.15, -0.1) is 0 Å². The predicted octanol–water partition coefficient (Wildman–Crippen LogP) is 2.30. The molecule has 0 saturated carbocycles. The first-order valence-corrected chi connectivity index (χ1v) is 7.59. The maximum absolute atomic E-state index is 11.8. The van der Waals surface area contributed by atoms with Crippen LogP contribution >= 0.6 is 0 Å². The minimum atomic E-state index is -0.425. The van der Waals surface area contributed by atoms with Crippen molar-refractivity contribution < 1.29 is 9.53 Å². The van der Waals surface area contributed by atoms with Crippen LogP contribution in [0.3, 0.4) is 0 Å². The summed E-state index contributed by atoms with van der Waals surface area (Å²) in [6, 6.07) is 0. The van der Waals surface area contributed by atoms with Gasteiger partial charge in [-0.05, 0) is 66.7 Å². The molecule has 0 saturated heterocycles. The van der Waals surface area contributed by atoms with Crippen molar-refractivity contribution in [2.45, 2.75) is 52.1 Å². The van der Waals surface area contributed by atoms with Crippen LogP contribution in [-0.2, 0) is 4.74 Å². The quantitative estimate of drug-likeness (QED) is 0.661. The summed E-state index contributed by atoms with van der Waals surface area (Å²) < 4.78 is 5.31. The highest BCUT2D eigenvalue weighted by Crippen LogP contribution is 2.09. The lowest BCUT2D eigenvalue weighted by atomic mass is 10.2. The van der Waals surface area contributed by atoms with Crippen LogP contribution in [0.4, 0.5) is 4.79 Å². The van der Waals surface area contributed by atoms with E-state index in [1.165, 1.54) is 12.8 Å². The summed E-state index contributed by atoms with van der Waals surface area (Å²) in [5, 5.41) is 0. The van der Waals surface area contributed by atoms with E-state index in [1.54, 1.807) is 11.9 Å². The molecule has 5 heteroatoms. The lowest BCUT2D eigenvalue weighted by molar-refractivity contribution is 0.0293. The molecule has 0 aromatic heterocycles. The lowest BCUT2D eigenvalue weighted by Crippen LogP contribution is -2.35. The Balaban J connectivity index is 3.69. The van der Waals surface area contributed by atoms with Gasteiger partial charge in [0.15, 0.2) is 0 Å². The van der Waals surface area contributed by atoms with Gasteiger partial charge in [-0.1, -0.05) is 6.42 Å². The molecule has 20 heavy (non-hydrogen) atoms. The molecule has 120 valence electrons. The molecule has 0 aromatic carbocycles. The van der Waals surface area contributed by atoms with Gasteiger partial charge < -0.3 is 20.3 Å². The molecule has 5 nitrogen and oxygen atoms in total. The van der Waals surface area contributed by atoms with Gasteiger partial charge in [0.1, 0.15) is 5.60 Å². The summed E-state index contributed by atoms with van der Waals surface area (Å²) >= 11 is 0. The zero-order valence-electron chi connectivity index (χ0n) is 13.9. The number of hydrogen-bond acceptors (Lipinski definition) is 4. The van der Waals surface area contributed by atoms with Crippen molar-refractivity contribution in [3.05, 3.63) is 0 Å². The third kappa shape index (κ3) is 11.1. The van der Waals surface area contributed by atoms with Crippen LogP contribution in [0.25, 0.3) is 0 Å². The molecule has 1 amide bonds. The highest BCUT2D eigenvalue weighted by molar-refractivity contribution is 5.67. The SMILES string of the molecule is CN(CCCCCN)CCCN(C)C(=O)OC(C)(C)C. The van der Waals surface area contributed by atoms with Gasteiger partial charge >= 0.3 is 6.09 Å². The number of nitrogens with zero attached hydrogens (tertiary/aromatic N) is 2. The fourth-order valence-electron chi connectivity index (χ4n) is 1.82. The van der Waals surface area contributed by atoms with Gasteiger partial charge in [-0.25, -0.2) is 4.79 Å². The monoisotopic (exact) mass is 287 g/mol. The Morgan fingerprint density at radius 1 is 1.00 bits per heavy atom. The number of carbonyl (C=O) groups excluding carboxylic acids is 1. The first-order valence-electron chi connectivity index (χ1n) is 7.59. The minimum Gasteiger partial charge on any atom is -0.444 e. The Morgan fingerprint density at radius 3 is 2.15 bits per heavy atom. The highest BCUT2D eigenvalue weighted by atomic mass is 16.6. The molecule has 0 fully saturated rings. The smallest absolute Gasteiger partial charge is 0.410 e. The van der Waals surface area contributed by atoms with Gasteiger partial charge in [0, 0.05) is 13.6 Å². The normalized spacial score (nSPS) is 11.8. The maximum Gasteiger partial charge on any atom is 0.410 e. The van der Waals surface area contributed by atoms with Crippen molar-refractivity contribution in [2.75, 3.05) is 40.3 Å². The number of unbranched alkanes of at least 4 members (excludes halogenated alkanes) is 2. The summed E-state index contributed by atoms with van der Waals surface area (Å²) in [6.07, 6.45) is 4.20. The Hall–Kier alpha value is -0.810. The van der Waals surface area contributed by atoms with E-state index in [-0.39, 0.29) is 6.09 Å². The summed E-state index contributed by atoms with van der Waals surface area (Å²) in [4.78, 5) is 15.7. The molecule has 0 radical (unpaired) electrons. The van der Waals surface area contributed by atoms with Crippen molar-refractivity contribution in [1.82, 2.24) is 9.80 Å². The molecular formula is C15H33N3O2. The third-order valence-electron chi connectivity index (χ3n) is 2.98. The zero-order valence-corrected chi connectivity index (χ0v) is 13.9. The first-order chi connectivity index (χ1) is 9.26. The van der Waals surface area contributed by atoms with Gasteiger partial charge in [0.05, 0.1) is 0 Å². The van der Waals surface area contributed by atoms with Crippen molar-refractivity contribution in [3.63, 3.8) is 0 Å². The largest absolute Gasteiger partial charge is 0.444 e. The summed E-state index contributed by atoms with van der Waals surface area (Å²) in [7, 11) is 3.91. The topological polar surface area (TPSA) is 58.8 Å². The molecule has 0 heterocycles. The van der Waals surface area contributed by atoms with Crippen LogP contribution in [0, 0.1) is 0 Å².